The lowest BCUT2D eigenvalue weighted by Crippen LogP contribution is -2.39. The lowest BCUT2D eigenvalue weighted by Gasteiger charge is -2.20. The Morgan fingerprint density at radius 2 is 1.95 bits per heavy atom. The molecule has 1 N–H and O–H groups in total. The van der Waals surface area contributed by atoms with Crippen LogP contribution in [0.2, 0.25) is 0 Å². The average molecular weight is 387 g/mol. The summed E-state index contributed by atoms with van der Waals surface area (Å²) < 4.78 is 0. The Hall–Kier alpha value is -0.780. The highest BCUT2D eigenvalue weighted by atomic mass is 127. The molecule has 1 aromatic rings. The highest BCUT2D eigenvalue weighted by Crippen LogP contribution is 2.13. The van der Waals surface area contributed by atoms with Crippen LogP contribution in [0.3, 0.4) is 0 Å². The van der Waals surface area contributed by atoms with Gasteiger partial charge >= 0.3 is 0 Å². The summed E-state index contributed by atoms with van der Waals surface area (Å²) in [5, 5.41) is 3.40. The van der Waals surface area contributed by atoms with E-state index in [-0.39, 0.29) is 24.0 Å². The quantitative estimate of drug-likeness (QED) is 0.489. The fourth-order valence-corrected chi connectivity index (χ4v) is 2.54. The second-order valence-corrected chi connectivity index (χ2v) is 5.29. The molecule has 2 rings (SSSR count). The molecule has 0 bridgehead atoms. The minimum Gasteiger partial charge on any atom is -0.357 e. The van der Waals surface area contributed by atoms with E-state index in [9.17, 15) is 0 Å². The second-order valence-electron chi connectivity index (χ2n) is 5.29. The smallest absolute Gasteiger partial charge is 0.194 e. The number of likely N-dealkylation sites (tertiary alicyclic amines) is 1. The molecule has 112 valence electrons. The van der Waals surface area contributed by atoms with Gasteiger partial charge in [-0.1, -0.05) is 23.8 Å². The highest BCUT2D eigenvalue weighted by molar-refractivity contribution is 14.0. The number of nitrogens with zero attached hydrogens (tertiary/aromatic N) is 2. The topological polar surface area (TPSA) is 27.6 Å². The van der Waals surface area contributed by atoms with Crippen molar-refractivity contribution in [3.8, 4) is 0 Å². The first-order valence-electron chi connectivity index (χ1n) is 7.30. The monoisotopic (exact) mass is 387 g/mol. The average Bonchev–Trinajstić information content (AvgIpc) is 2.90. The van der Waals surface area contributed by atoms with Crippen LogP contribution in [-0.4, -0.2) is 30.5 Å². The van der Waals surface area contributed by atoms with Crippen LogP contribution >= 0.6 is 24.0 Å². The predicted molar refractivity (Wildman–Crippen MR) is 97.0 cm³/mol. The molecular formula is C16H26IN3. The molecule has 1 heterocycles. The van der Waals surface area contributed by atoms with E-state index in [2.05, 4.69) is 49.2 Å². The summed E-state index contributed by atoms with van der Waals surface area (Å²) in [6, 6.07) is 6.59. The number of benzene rings is 1. The van der Waals surface area contributed by atoms with Crippen LogP contribution in [0.15, 0.2) is 23.2 Å². The molecule has 1 aliphatic rings. The maximum Gasteiger partial charge on any atom is 0.194 e. The molecule has 0 amide bonds. The molecule has 1 saturated heterocycles. The van der Waals surface area contributed by atoms with E-state index in [0.717, 1.165) is 32.1 Å². The summed E-state index contributed by atoms with van der Waals surface area (Å²) in [6.45, 7) is 10.4. The van der Waals surface area contributed by atoms with Gasteiger partial charge < -0.3 is 10.2 Å². The first kappa shape index (κ1) is 17.3. The van der Waals surface area contributed by atoms with Crippen molar-refractivity contribution >= 4 is 29.9 Å². The van der Waals surface area contributed by atoms with Gasteiger partial charge in [-0.2, -0.15) is 0 Å². The zero-order valence-electron chi connectivity index (χ0n) is 12.8. The van der Waals surface area contributed by atoms with E-state index in [4.69, 9.17) is 4.99 Å². The van der Waals surface area contributed by atoms with E-state index >= 15 is 0 Å². The Balaban J connectivity index is 0.00000200. The van der Waals surface area contributed by atoms with Crippen molar-refractivity contribution in [3.05, 3.63) is 34.9 Å². The molecule has 0 aromatic heterocycles. The van der Waals surface area contributed by atoms with Crippen LogP contribution in [0.25, 0.3) is 0 Å². The van der Waals surface area contributed by atoms with Crippen LogP contribution in [-0.2, 0) is 6.54 Å². The molecule has 0 spiro atoms. The minimum absolute atomic E-state index is 0. The van der Waals surface area contributed by atoms with E-state index in [1.807, 2.05) is 0 Å². The standard InChI is InChI=1S/C16H25N3.HI/c1-4-17-16(19-9-5-6-10-19)18-12-15-8-7-13(2)11-14(15)3;/h7-8,11H,4-6,9-10,12H2,1-3H3,(H,17,18);1H. The van der Waals surface area contributed by atoms with Crippen molar-refractivity contribution in [1.82, 2.24) is 10.2 Å². The molecule has 1 fully saturated rings. The van der Waals surface area contributed by atoms with Gasteiger partial charge in [0.15, 0.2) is 5.96 Å². The minimum atomic E-state index is 0. The summed E-state index contributed by atoms with van der Waals surface area (Å²) >= 11 is 0. The van der Waals surface area contributed by atoms with E-state index in [1.165, 1.54) is 29.5 Å². The molecule has 0 atom stereocenters. The van der Waals surface area contributed by atoms with Gasteiger partial charge in [0.1, 0.15) is 0 Å². The molecule has 0 unspecified atom stereocenters. The maximum atomic E-state index is 4.79. The number of hydrogen-bond acceptors (Lipinski definition) is 1. The van der Waals surface area contributed by atoms with Crippen molar-refractivity contribution in [1.29, 1.82) is 0 Å². The van der Waals surface area contributed by atoms with Crippen LogP contribution in [0.4, 0.5) is 0 Å². The lowest BCUT2D eigenvalue weighted by molar-refractivity contribution is 0.493. The Labute approximate surface area is 139 Å². The summed E-state index contributed by atoms with van der Waals surface area (Å²) in [7, 11) is 0. The molecule has 0 aliphatic carbocycles. The van der Waals surface area contributed by atoms with Gasteiger partial charge in [0.05, 0.1) is 6.54 Å². The molecule has 1 aliphatic heterocycles. The number of aliphatic imine (C=N–C) groups is 1. The maximum absolute atomic E-state index is 4.79. The summed E-state index contributed by atoms with van der Waals surface area (Å²) in [5.41, 5.74) is 3.97. The van der Waals surface area contributed by atoms with E-state index in [1.54, 1.807) is 0 Å². The number of aryl methyl sites for hydroxylation is 2. The second kappa shape index (κ2) is 8.49. The first-order valence-corrected chi connectivity index (χ1v) is 7.30. The number of hydrogen-bond donors (Lipinski definition) is 1. The van der Waals surface area contributed by atoms with Crippen LogP contribution in [0.1, 0.15) is 36.5 Å². The number of halogens is 1. The number of nitrogens with one attached hydrogen (secondary N) is 1. The number of guanidine groups is 1. The molecule has 0 saturated carbocycles. The third-order valence-electron chi connectivity index (χ3n) is 3.64. The van der Waals surface area contributed by atoms with Crippen molar-refractivity contribution in [2.45, 2.75) is 40.2 Å². The molecular weight excluding hydrogens is 361 g/mol. The fourth-order valence-electron chi connectivity index (χ4n) is 2.54. The van der Waals surface area contributed by atoms with Crippen molar-refractivity contribution in [2.75, 3.05) is 19.6 Å². The molecule has 3 nitrogen and oxygen atoms in total. The Morgan fingerprint density at radius 1 is 1.25 bits per heavy atom. The van der Waals surface area contributed by atoms with Crippen LogP contribution in [0, 0.1) is 13.8 Å². The van der Waals surface area contributed by atoms with Gasteiger partial charge in [0.2, 0.25) is 0 Å². The van der Waals surface area contributed by atoms with Gasteiger partial charge in [-0.25, -0.2) is 4.99 Å². The van der Waals surface area contributed by atoms with Gasteiger partial charge in [-0.3, -0.25) is 0 Å². The molecule has 20 heavy (non-hydrogen) atoms. The van der Waals surface area contributed by atoms with Crippen LogP contribution < -0.4 is 5.32 Å². The SMILES string of the molecule is CCNC(=NCc1ccc(C)cc1C)N1CCCC1.I. The normalized spacial score (nSPS) is 15.2. The van der Waals surface area contributed by atoms with Gasteiger partial charge in [0.25, 0.3) is 0 Å². The number of rotatable bonds is 3. The van der Waals surface area contributed by atoms with E-state index in [0.29, 0.717) is 0 Å². The third-order valence-corrected chi connectivity index (χ3v) is 3.64. The predicted octanol–water partition coefficient (Wildman–Crippen LogP) is 3.48. The molecule has 1 aromatic carbocycles. The van der Waals surface area contributed by atoms with Crippen molar-refractivity contribution in [3.63, 3.8) is 0 Å². The fraction of sp³-hybridized carbons (Fsp3) is 0.562. The van der Waals surface area contributed by atoms with Gasteiger partial charge in [0, 0.05) is 19.6 Å². The largest absolute Gasteiger partial charge is 0.357 e. The summed E-state index contributed by atoms with van der Waals surface area (Å²) in [4.78, 5) is 7.16. The highest BCUT2D eigenvalue weighted by Gasteiger charge is 2.15. The zero-order valence-corrected chi connectivity index (χ0v) is 15.1. The zero-order chi connectivity index (χ0) is 13.7. The summed E-state index contributed by atoms with van der Waals surface area (Å²) in [5.74, 6) is 1.07. The third kappa shape index (κ3) is 4.65. The van der Waals surface area contributed by atoms with Gasteiger partial charge in [-0.15, -0.1) is 24.0 Å². The van der Waals surface area contributed by atoms with Crippen molar-refractivity contribution < 1.29 is 0 Å². The lowest BCUT2D eigenvalue weighted by atomic mass is 10.1. The first-order chi connectivity index (χ1) is 9.20. The van der Waals surface area contributed by atoms with E-state index < -0.39 is 0 Å². The molecule has 4 heteroatoms. The molecule has 0 radical (unpaired) electrons. The Kier molecular flexibility index (Phi) is 7.34. The van der Waals surface area contributed by atoms with Crippen LogP contribution in [0.5, 0.6) is 0 Å². The Bertz CT molecular complexity index is 451. The summed E-state index contributed by atoms with van der Waals surface area (Å²) in [6.07, 6.45) is 2.57. The van der Waals surface area contributed by atoms with Gasteiger partial charge in [-0.05, 0) is 44.7 Å². The Morgan fingerprint density at radius 3 is 2.55 bits per heavy atom. The van der Waals surface area contributed by atoms with Crippen molar-refractivity contribution in [2.24, 2.45) is 4.99 Å².